The first kappa shape index (κ1) is 21.0. The third-order valence-corrected chi connectivity index (χ3v) is 7.94. The number of hydrogen-bond acceptors (Lipinski definition) is 5. The average Bonchev–Trinajstić information content (AvgIpc) is 2.92. The summed E-state index contributed by atoms with van der Waals surface area (Å²) >= 11 is 0. The largest absolute Gasteiger partial charge is 0.493 e. The van der Waals surface area contributed by atoms with Gasteiger partial charge in [0.05, 0.1) is 19.9 Å². The maximum absolute atomic E-state index is 13.4. The first-order valence-electron chi connectivity index (χ1n) is 9.27. The van der Waals surface area contributed by atoms with Gasteiger partial charge in [0.25, 0.3) is 0 Å². The summed E-state index contributed by atoms with van der Waals surface area (Å²) in [6.07, 6.45) is 0.197. The predicted octanol–water partition coefficient (Wildman–Crippen LogP) is 3.26. The molecule has 1 heterocycles. The highest BCUT2D eigenvalue weighted by atomic mass is 32.2. The second-order valence-corrected chi connectivity index (χ2v) is 9.61. The van der Waals surface area contributed by atoms with E-state index >= 15 is 0 Å². The fraction of sp³-hybridized carbons (Fsp3) is 0.381. The van der Waals surface area contributed by atoms with Gasteiger partial charge in [0, 0.05) is 18.3 Å². The summed E-state index contributed by atoms with van der Waals surface area (Å²) in [4.78, 5) is 13.1. The van der Waals surface area contributed by atoms with E-state index in [4.69, 9.17) is 9.47 Å². The van der Waals surface area contributed by atoms with Gasteiger partial charge in [0.15, 0.2) is 16.2 Å². The molecule has 0 aromatic heterocycles. The van der Waals surface area contributed by atoms with E-state index in [-0.39, 0.29) is 13.0 Å². The van der Waals surface area contributed by atoms with Gasteiger partial charge in [-0.15, -0.1) is 0 Å². The van der Waals surface area contributed by atoms with E-state index in [1.54, 1.807) is 18.2 Å². The number of nitrogens with zero attached hydrogens (tertiary/aromatic N) is 1. The molecule has 3 rings (SSSR count). The molecule has 0 aliphatic carbocycles. The van der Waals surface area contributed by atoms with Crippen molar-refractivity contribution in [3.05, 3.63) is 47.5 Å². The summed E-state index contributed by atoms with van der Waals surface area (Å²) in [5.74, 6) is 0.395. The van der Waals surface area contributed by atoms with Crippen LogP contribution in [-0.2, 0) is 14.8 Å². The molecule has 0 unspecified atom stereocenters. The van der Waals surface area contributed by atoms with Gasteiger partial charge in [0.1, 0.15) is 0 Å². The fourth-order valence-corrected chi connectivity index (χ4v) is 5.63. The van der Waals surface area contributed by atoms with Crippen LogP contribution in [0.5, 0.6) is 11.5 Å². The Hall–Kier alpha value is -2.74. The monoisotopic (exact) mass is 418 g/mol. The molecule has 0 radical (unpaired) electrons. The average molecular weight is 419 g/mol. The number of para-hydroxylation sites is 1. The second-order valence-electron chi connectivity index (χ2n) is 7.32. The van der Waals surface area contributed by atoms with E-state index in [0.29, 0.717) is 22.9 Å². The minimum absolute atomic E-state index is 0.197. The molecule has 2 aromatic rings. The molecule has 1 amide bonds. The number of rotatable bonds is 5. The van der Waals surface area contributed by atoms with Gasteiger partial charge >= 0.3 is 0 Å². The molecular weight excluding hydrogens is 392 g/mol. The third kappa shape index (κ3) is 3.42. The van der Waals surface area contributed by atoms with Gasteiger partial charge in [-0.05, 0) is 50.5 Å². The lowest BCUT2D eigenvalue weighted by atomic mass is 10.0. The number of ether oxygens (including phenoxy) is 2. The number of carbonyl (C=O) groups excluding carboxylic acids is 1. The number of amides is 1. The van der Waals surface area contributed by atoms with Crippen molar-refractivity contribution in [2.75, 3.05) is 30.4 Å². The van der Waals surface area contributed by atoms with E-state index in [0.717, 1.165) is 11.1 Å². The molecule has 1 aliphatic heterocycles. The Balaban J connectivity index is 1.92. The molecule has 29 heavy (non-hydrogen) atoms. The number of nitrogens with one attached hydrogen (secondary N) is 1. The zero-order valence-corrected chi connectivity index (χ0v) is 18.1. The Labute approximate surface area is 171 Å². The molecule has 8 heteroatoms. The van der Waals surface area contributed by atoms with Crippen molar-refractivity contribution in [1.82, 2.24) is 0 Å². The lowest BCUT2D eigenvalue weighted by Crippen LogP contribution is -2.47. The van der Waals surface area contributed by atoms with Crippen molar-refractivity contribution in [1.29, 1.82) is 0 Å². The molecule has 1 atom stereocenters. The zero-order valence-electron chi connectivity index (χ0n) is 17.3. The van der Waals surface area contributed by atoms with Crippen LogP contribution < -0.4 is 19.1 Å². The van der Waals surface area contributed by atoms with Crippen molar-refractivity contribution in [2.45, 2.75) is 31.9 Å². The van der Waals surface area contributed by atoms with Crippen molar-refractivity contribution < 1.29 is 22.7 Å². The molecule has 0 spiro atoms. The van der Waals surface area contributed by atoms with Gasteiger partial charge in [-0.25, -0.2) is 8.42 Å². The van der Waals surface area contributed by atoms with Crippen LogP contribution in [0, 0.1) is 13.8 Å². The molecule has 2 aromatic carbocycles. The number of benzene rings is 2. The summed E-state index contributed by atoms with van der Waals surface area (Å²) in [6.45, 7) is 5.48. The topological polar surface area (TPSA) is 84.9 Å². The molecule has 1 N–H and O–H groups in total. The van der Waals surface area contributed by atoms with E-state index < -0.39 is 20.7 Å². The first-order chi connectivity index (χ1) is 13.7. The third-order valence-electron chi connectivity index (χ3n) is 5.46. The van der Waals surface area contributed by atoms with Crippen molar-refractivity contribution >= 4 is 27.3 Å². The van der Waals surface area contributed by atoms with Gasteiger partial charge in [0.2, 0.25) is 15.9 Å². The SMILES string of the molecule is COc1ccc(NC(=O)[C@]2(C)CCN(c3c(C)cccc3C)S2(=O)=O)cc1OC. The van der Waals surface area contributed by atoms with Crippen LogP contribution in [0.3, 0.4) is 0 Å². The number of aryl methyl sites for hydroxylation is 2. The molecule has 0 bridgehead atoms. The normalized spacial score (nSPS) is 20.4. The highest BCUT2D eigenvalue weighted by molar-refractivity contribution is 7.95. The highest BCUT2D eigenvalue weighted by Gasteiger charge is 2.55. The van der Waals surface area contributed by atoms with E-state index in [9.17, 15) is 13.2 Å². The predicted molar refractivity (Wildman–Crippen MR) is 113 cm³/mol. The minimum Gasteiger partial charge on any atom is -0.493 e. The van der Waals surface area contributed by atoms with E-state index in [1.165, 1.54) is 25.4 Å². The molecule has 1 saturated heterocycles. The van der Waals surface area contributed by atoms with Crippen LogP contribution in [-0.4, -0.2) is 39.8 Å². The van der Waals surface area contributed by atoms with Crippen LogP contribution in [0.1, 0.15) is 24.5 Å². The summed E-state index contributed by atoms with van der Waals surface area (Å²) in [5, 5.41) is 2.73. The van der Waals surface area contributed by atoms with Crippen LogP contribution >= 0.6 is 0 Å². The summed E-state index contributed by atoms with van der Waals surface area (Å²) in [5.41, 5.74) is 2.81. The molecule has 1 fully saturated rings. The lowest BCUT2D eigenvalue weighted by molar-refractivity contribution is -0.118. The molecule has 0 saturated carbocycles. The summed E-state index contributed by atoms with van der Waals surface area (Å²) < 4.78 is 37.0. The Morgan fingerprint density at radius 1 is 1.07 bits per heavy atom. The van der Waals surface area contributed by atoms with Gasteiger partial charge < -0.3 is 14.8 Å². The molecule has 1 aliphatic rings. The van der Waals surface area contributed by atoms with Crippen molar-refractivity contribution in [2.24, 2.45) is 0 Å². The Bertz CT molecular complexity index is 1030. The lowest BCUT2D eigenvalue weighted by Gasteiger charge is -2.27. The quantitative estimate of drug-likeness (QED) is 0.806. The Morgan fingerprint density at radius 2 is 1.69 bits per heavy atom. The molecule has 156 valence electrons. The standard InChI is InChI=1S/C21H26N2O5S/c1-14-7-6-8-15(2)19(14)23-12-11-21(3,29(23,25)26)20(24)22-16-9-10-17(27-4)18(13-16)28-5/h6-10,13H,11-12H2,1-5H3,(H,22,24)/t21-/m0/s1. The number of hydrogen-bond donors (Lipinski definition) is 1. The fourth-order valence-electron chi connectivity index (χ4n) is 3.65. The Morgan fingerprint density at radius 3 is 2.28 bits per heavy atom. The number of sulfonamides is 1. The number of methoxy groups -OCH3 is 2. The summed E-state index contributed by atoms with van der Waals surface area (Å²) in [7, 11) is -0.895. The zero-order chi connectivity index (χ0) is 21.4. The van der Waals surface area contributed by atoms with Crippen LogP contribution in [0.25, 0.3) is 0 Å². The smallest absolute Gasteiger partial charge is 0.249 e. The van der Waals surface area contributed by atoms with Crippen molar-refractivity contribution in [3.63, 3.8) is 0 Å². The molecular formula is C21H26N2O5S. The molecule has 7 nitrogen and oxygen atoms in total. The van der Waals surface area contributed by atoms with E-state index in [2.05, 4.69) is 5.32 Å². The number of carbonyl (C=O) groups is 1. The van der Waals surface area contributed by atoms with Gasteiger partial charge in [-0.3, -0.25) is 9.10 Å². The van der Waals surface area contributed by atoms with Crippen LogP contribution in [0.15, 0.2) is 36.4 Å². The maximum atomic E-state index is 13.4. The number of anilines is 2. The second kappa shape index (κ2) is 7.59. The summed E-state index contributed by atoms with van der Waals surface area (Å²) in [6, 6.07) is 10.5. The first-order valence-corrected chi connectivity index (χ1v) is 10.7. The minimum atomic E-state index is -3.91. The van der Waals surface area contributed by atoms with E-state index in [1.807, 2.05) is 32.0 Å². The van der Waals surface area contributed by atoms with Crippen LogP contribution in [0.2, 0.25) is 0 Å². The van der Waals surface area contributed by atoms with Crippen LogP contribution in [0.4, 0.5) is 11.4 Å². The van der Waals surface area contributed by atoms with Gasteiger partial charge in [-0.1, -0.05) is 18.2 Å². The van der Waals surface area contributed by atoms with Gasteiger partial charge in [-0.2, -0.15) is 0 Å². The highest BCUT2D eigenvalue weighted by Crippen LogP contribution is 2.40. The maximum Gasteiger partial charge on any atom is 0.249 e. The van der Waals surface area contributed by atoms with Crippen molar-refractivity contribution in [3.8, 4) is 11.5 Å². The Kier molecular flexibility index (Phi) is 5.49.